The summed E-state index contributed by atoms with van der Waals surface area (Å²) >= 11 is 0. The van der Waals surface area contributed by atoms with E-state index in [4.69, 9.17) is 9.47 Å². The van der Waals surface area contributed by atoms with Gasteiger partial charge in [-0.15, -0.1) is 0 Å². The molecule has 0 bridgehead atoms. The zero-order valence-corrected chi connectivity index (χ0v) is 12.1. The number of carbonyl (C=O) groups excluding carboxylic acids is 3. The zero-order valence-electron chi connectivity index (χ0n) is 12.1. The van der Waals surface area contributed by atoms with Crippen LogP contribution in [-0.4, -0.2) is 37.7 Å². The highest BCUT2D eigenvalue weighted by atomic mass is 16.6. The van der Waals surface area contributed by atoms with Crippen LogP contribution >= 0.6 is 0 Å². The maximum Gasteiger partial charge on any atom is 0.344 e. The Hall–Kier alpha value is -1.85. The van der Waals surface area contributed by atoms with Gasteiger partial charge in [-0.2, -0.15) is 0 Å². The molecule has 6 heteroatoms. The molecule has 0 aliphatic carbocycles. The Morgan fingerprint density at radius 2 is 1.60 bits per heavy atom. The number of hydrogen-bond donors (Lipinski definition) is 0. The van der Waals surface area contributed by atoms with E-state index in [1.807, 2.05) is 13.8 Å². The van der Waals surface area contributed by atoms with Crippen LogP contribution in [0.1, 0.15) is 39.5 Å². The first kappa shape index (κ1) is 18.1. The molecule has 20 heavy (non-hydrogen) atoms. The quantitative estimate of drug-likeness (QED) is 0.263. The summed E-state index contributed by atoms with van der Waals surface area (Å²) in [6.07, 6.45) is 2.06. The highest BCUT2D eigenvalue weighted by Crippen LogP contribution is 2.03. The molecule has 0 atom stereocenters. The van der Waals surface area contributed by atoms with Crippen LogP contribution in [0.15, 0.2) is 12.2 Å². The molecule has 0 aromatic rings. The van der Waals surface area contributed by atoms with Crippen LogP contribution in [0.5, 0.6) is 0 Å². The lowest BCUT2D eigenvalue weighted by Crippen LogP contribution is -2.18. The third-order valence-corrected chi connectivity index (χ3v) is 2.20. The summed E-state index contributed by atoms with van der Waals surface area (Å²) in [5, 5.41) is 0. The van der Waals surface area contributed by atoms with Crippen molar-refractivity contribution in [2.75, 3.05) is 19.8 Å². The maximum atomic E-state index is 11.4. The van der Waals surface area contributed by atoms with E-state index >= 15 is 0 Å². The van der Waals surface area contributed by atoms with Gasteiger partial charge in [-0.3, -0.25) is 4.79 Å². The van der Waals surface area contributed by atoms with E-state index in [1.165, 1.54) is 0 Å². The highest BCUT2D eigenvalue weighted by molar-refractivity contribution is 5.93. The Balaban J connectivity index is 3.84. The molecule has 0 N–H and O–H groups in total. The van der Waals surface area contributed by atoms with Crippen LogP contribution in [0.25, 0.3) is 0 Å². The lowest BCUT2D eigenvalue weighted by atomic mass is 10.2. The Kier molecular flexibility index (Phi) is 10.00. The lowest BCUT2D eigenvalue weighted by Gasteiger charge is -2.07. The minimum Gasteiger partial charge on any atom is -0.463 e. The van der Waals surface area contributed by atoms with Gasteiger partial charge in [0.2, 0.25) is 0 Å². The molecule has 0 aliphatic rings. The van der Waals surface area contributed by atoms with E-state index in [-0.39, 0.29) is 18.6 Å². The Bertz CT molecular complexity index is 348. The largest absolute Gasteiger partial charge is 0.463 e. The fraction of sp³-hybridized carbons (Fsp3) is 0.643. The van der Waals surface area contributed by atoms with Crippen LogP contribution < -0.4 is 0 Å². The van der Waals surface area contributed by atoms with Gasteiger partial charge < -0.3 is 14.2 Å². The second-order valence-corrected chi connectivity index (χ2v) is 4.15. The second-order valence-electron chi connectivity index (χ2n) is 4.15. The monoisotopic (exact) mass is 286 g/mol. The molecule has 0 spiro atoms. The van der Waals surface area contributed by atoms with Crippen molar-refractivity contribution in [2.24, 2.45) is 0 Å². The second kappa shape index (κ2) is 11.0. The van der Waals surface area contributed by atoms with Gasteiger partial charge in [0.1, 0.15) is 0 Å². The molecule has 0 saturated carbocycles. The standard InChI is InChI=1S/C14H22O6/c1-4-6-8-18-13(16)10-20-12(15)9-11(3)14(17)19-7-5-2/h3-10H2,1-2H3. The zero-order chi connectivity index (χ0) is 15.4. The molecule has 0 rings (SSSR count). The van der Waals surface area contributed by atoms with Crippen LogP contribution in [0.2, 0.25) is 0 Å². The van der Waals surface area contributed by atoms with Crippen molar-refractivity contribution in [3.05, 3.63) is 12.2 Å². The molecule has 0 amide bonds. The van der Waals surface area contributed by atoms with Gasteiger partial charge in [-0.1, -0.05) is 26.8 Å². The van der Waals surface area contributed by atoms with Crippen molar-refractivity contribution in [2.45, 2.75) is 39.5 Å². The third-order valence-electron chi connectivity index (χ3n) is 2.20. The van der Waals surface area contributed by atoms with Crippen molar-refractivity contribution in [1.29, 1.82) is 0 Å². The van der Waals surface area contributed by atoms with Crippen molar-refractivity contribution in [3.63, 3.8) is 0 Å². The number of unbranched alkanes of at least 4 members (excludes halogenated alkanes) is 1. The van der Waals surface area contributed by atoms with E-state index in [9.17, 15) is 14.4 Å². The van der Waals surface area contributed by atoms with Gasteiger partial charge in [-0.25, -0.2) is 9.59 Å². The normalized spacial score (nSPS) is 9.70. The number of ether oxygens (including phenoxy) is 3. The summed E-state index contributed by atoms with van der Waals surface area (Å²) < 4.78 is 14.3. The lowest BCUT2D eigenvalue weighted by molar-refractivity contribution is -0.158. The summed E-state index contributed by atoms with van der Waals surface area (Å²) in [4.78, 5) is 33.9. The van der Waals surface area contributed by atoms with Crippen molar-refractivity contribution in [3.8, 4) is 0 Å². The minimum absolute atomic E-state index is 0.00259. The first-order valence-corrected chi connectivity index (χ1v) is 6.67. The fourth-order valence-electron chi connectivity index (χ4n) is 1.11. The van der Waals surface area contributed by atoms with Crippen LogP contribution in [0.3, 0.4) is 0 Å². The molecule has 0 aliphatic heterocycles. The summed E-state index contributed by atoms with van der Waals surface area (Å²) in [5.74, 6) is -1.95. The summed E-state index contributed by atoms with van der Waals surface area (Å²) in [6, 6.07) is 0. The predicted molar refractivity (Wildman–Crippen MR) is 71.8 cm³/mol. The van der Waals surface area contributed by atoms with E-state index < -0.39 is 24.5 Å². The Morgan fingerprint density at radius 1 is 0.900 bits per heavy atom. The summed E-state index contributed by atoms with van der Waals surface area (Å²) in [6.45, 7) is 7.39. The molecule has 114 valence electrons. The molecular formula is C14H22O6. The Morgan fingerprint density at radius 3 is 2.20 bits per heavy atom. The number of carbonyl (C=O) groups is 3. The van der Waals surface area contributed by atoms with Gasteiger partial charge in [0, 0.05) is 5.57 Å². The van der Waals surface area contributed by atoms with E-state index in [0.717, 1.165) is 12.8 Å². The van der Waals surface area contributed by atoms with Gasteiger partial charge in [-0.05, 0) is 12.8 Å². The Labute approximate surface area is 119 Å². The third kappa shape index (κ3) is 9.13. The topological polar surface area (TPSA) is 78.9 Å². The molecular weight excluding hydrogens is 264 g/mol. The maximum absolute atomic E-state index is 11.4. The smallest absolute Gasteiger partial charge is 0.344 e. The fourth-order valence-corrected chi connectivity index (χ4v) is 1.11. The highest BCUT2D eigenvalue weighted by Gasteiger charge is 2.15. The number of esters is 3. The average molecular weight is 286 g/mol. The van der Waals surface area contributed by atoms with Gasteiger partial charge >= 0.3 is 17.9 Å². The summed E-state index contributed by atoms with van der Waals surface area (Å²) in [5.41, 5.74) is 0.00259. The van der Waals surface area contributed by atoms with Crippen LogP contribution in [0.4, 0.5) is 0 Å². The van der Waals surface area contributed by atoms with E-state index in [1.54, 1.807) is 0 Å². The average Bonchev–Trinajstić information content (AvgIpc) is 2.42. The van der Waals surface area contributed by atoms with Gasteiger partial charge in [0.25, 0.3) is 0 Å². The van der Waals surface area contributed by atoms with Crippen LogP contribution in [0, 0.1) is 0 Å². The molecule has 0 unspecified atom stereocenters. The molecule has 0 saturated heterocycles. The molecule has 0 aromatic heterocycles. The molecule has 0 heterocycles. The SMILES string of the molecule is C=C(CC(=O)OCC(=O)OCCCC)C(=O)OCCC. The first-order chi connectivity index (χ1) is 9.51. The van der Waals surface area contributed by atoms with E-state index in [0.29, 0.717) is 13.0 Å². The summed E-state index contributed by atoms with van der Waals surface area (Å²) in [7, 11) is 0. The van der Waals surface area contributed by atoms with Gasteiger partial charge in [0.05, 0.1) is 19.6 Å². The predicted octanol–water partition coefficient (Wildman–Crippen LogP) is 1.77. The van der Waals surface area contributed by atoms with Crippen molar-refractivity contribution < 1.29 is 28.6 Å². The molecule has 0 aromatic carbocycles. The molecule has 6 nitrogen and oxygen atoms in total. The van der Waals surface area contributed by atoms with Crippen LogP contribution in [-0.2, 0) is 28.6 Å². The number of rotatable bonds is 10. The number of hydrogen-bond acceptors (Lipinski definition) is 6. The van der Waals surface area contributed by atoms with Gasteiger partial charge in [0.15, 0.2) is 6.61 Å². The molecule has 0 fully saturated rings. The van der Waals surface area contributed by atoms with Crippen molar-refractivity contribution >= 4 is 17.9 Å². The molecule has 0 radical (unpaired) electrons. The van der Waals surface area contributed by atoms with Crippen molar-refractivity contribution in [1.82, 2.24) is 0 Å². The van der Waals surface area contributed by atoms with E-state index in [2.05, 4.69) is 11.3 Å². The minimum atomic E-state index is -0.712. The first-order valence-electron chi connectivity index (χ1n) is 6.67.